The van der Waals surface area contributed by atoms with Gasteiger partial charge in [-0.1, -0.05) is 32.8 Å². The second-order valence-electron chi connectivity index (χ2n) is 6.55. The van der Waals surface area contributed by atoms with E-state index >= 15 is 0 Å². The predicted molar refractivity (Wildman–Crippen MR) is 93.9 cm³/mol. The minimum absolute atomic E-state index is 0.135. The zero-order valence-corrected chi connectivity index (χ0v) is 15.3. The largest absolute Gasteiger partial charge is 0.496 e. The summed E-state index contributed by atoms with van der Waals surface area (Å²) in [6, 6.07) is 5.14. The van der Waals surface area contributed by atoms with Crippen molar-refractivity contribution in [1.29, 1.82) is 0 Å². The Balaban J connectivity index is 1.95. The zero-order chi connectivity index (χ0) is 18.4. The summed E-state index contributed by atoms with van der Waals surface area (Å²) in [6.07, 6.45) is 3.26. The van der Waals surface area contributed by atoms with Crippen LogP contribution in [0.1, 0.15) is 43.5 Å². The van der Waals surface area contributed by atoms with Gasteiger partial charge in [0.15, 0.2) is 6.61 Å². The summed E-state index contributed by atoms with van der Waals surface area (Å²) in [4.78, 5) is 24.5. The lowest BCUT2D eigenvalue weighted by Gasteiger charge is -2.34. The molecular weight excluding hydrogens is 322 g/mol. The number of hydrogen-bond acceptors (Lipinski definition) is 5. The first-order valence-corrected chi connectivity index (χ1v) is 8.65. The van der Waals surface area contributed by atoms with Gasteiger partial charge in [-0.2, -0.15) is 0 Å². The number of nitrogens with one attached hydrogen (secondary N) is 1. The maximum absolute atomic E-state index is 12.4. The van der Waals surface area contributed by atoms with Crippen LogP contribution in [0.3, 0.4) is 0 Å². The normalized spacial score (nSPS) is 22.8. The van der Waals surface area contributed by atoms with E-state index in [0.717, 1.165) is 12.8 Å². The fourth-order valence-electron chi connectivity index (χ4n) is 3.29. The SMILES string of the molecule is COc1cccc(OC)c1C(=O)OCC(=O)N[C@@H]1CCC[C@@H](C)[C@H]1C. The molecule has 1 aromatic carbocycles. The summed E-state index contributed by atoms with van der Waals surface area (Å²) in [5, 5.41) is 2.98. The van der Waals surface area contributed by atoms with Crippen molar-refractivity contribution in [3.8, 4) is 11.5 Å². The van der Waals surface area contributed by atoms with Crippen molar-refractivity contribution in [3.63, 3.8) is 0 Å². The molecule has 1 fully saturated rings. The molecule has 0 saturated heterocycles. The van der Waals surface area contributed by atoms with Gasteiger partial charge in [-0.25, -0.2) is 4.79 Å². The molecule has 6 heteroatoms. The fraction of sp³-hybridized carbons (Fsp3) is 0.579. The van der Waals surface area contributed by atoms with Gasteiger partial charge < -0.3 is 19.5 Å². The number of carbonyl (C=O) groups excluding carboxylic acids is 2. The molecule has 1 saturated carbocycles. The zero-order valence-electron chi connectivity index (χ0n) is 15.3. The highest BCUT2D eigenvalue weighted by Gasteiger charge is 2.28. The number of esters is 1. The molecule has 0 radical (unpaired) electrons. The highest BCUT2D eigenvalue weighted by molar-refractivity contribution is 5.96. The average Bonchev–Trinajstić information content (AvgIpc) is 2.62. The first-order chi connectivity index (χ1) is 12.0. The van der Waals surface area contributed by atoms with Gasteiger partial charge in [0.1, 0.15) is 17.1 Å². The first-order valence-electron chi connectivity index (χ1n) is 8.65. The Bertz CT molecular complexity index is 594. The second kappa shape index (κ2) is 8.74. The summed E-state index contributed by atoms with van der Waals surface area (Å²) in [5.41, 5.74) is 0.181. The number of ether oxygens (including phenoxy) is 3. The third-order valence-electron chi connectivity index (χ3n) is 5.02. The fourth-order valence-corrected chi connectivity index (χ4v) is 3.29. The predicted octanol–water partition coefficient (Wildman–Crippen LogP) is 2.80. The topological polar surface area (TPSA) is 73.9 Å². The van der Waals surface area contributed by atoms with Crippen molar-refractivity contribution in [2.75, 3.05) is 20.8 Å². The van der Waals surface area contributed by atoms with Crippen LogP contribution in [0.15, 0.2) is 18.2 Å². The van der Waals surface area contributed by atoms with Gasteiger partial charge in [0.2, 0.25) is 0 Å². The van der Waals surface area contributed by atoms with Crippen LogP contribution in [0.5, 0.6) is 11.5 Å². The molecule has 0 unspecified atom stereocenters. The van der Waals surface area contributed by atoms with Gasteiger partial charge in [0, 0.05) is 6.04 Å². The van der Waals surface area contributed by atoms with Gasteiger partial charge in [-0.3, -0.25) is 4.79 Å². The molecule has 0 spiro atoms. The minimum Gasteiger partial charge on any atom is -0.496 e. The highest BCUT2D eigenvalue weighted by Crippen LogP contribution is 2.30. The van der Waals surface area contributed by atoms with E-state index in [0.29, 0.717) is 23.3 Å². The molecule has 138 valence electrons. The maximum atomic E-state index is 12.4. The Kier molecular flexibility index (Phi) is 6.67. The van der Waals surface area contributed by atoms with Crippen LogP contribution in [-0.4, -0.2) is 38.7 Å². The molecule has 25 heavy (non-hydrogen) atoms. The lowest BCUT2D eigenvalue weighted by atomic mass is 9.78. The Hall–Kier alpha value is -2.24. The molecule has 0 bridgehead atoms. The van der Waals surface area contributed by atoms with E-state index in [2.05, 4.69) is 19.2 Å². The minimum atomic E-state index is -0.644. The van der Waals surface area contributed by atoms with Gasteiger partial charge in [0.25, 0.3) is 5.91 Å². The van der Waals surface area contributed by atoms with Crippen LogP contribution in [-0.2, 0) is 9.53 Å². The van der Waals surface area contributed by atoms with E-state index in [4.69, 9.17) is 14.2 Å². The van der Waals surface area contributed by atoms with E-state index in [1.54, 1.807) is 18.2 Å². The number of hydrogen-bond donors (Lipinski definition) is 1. The number of carbonyl (C=O) groups is 2. The summed E-state index contributed by atoms with van der Waals surface area (Å²) < 4.78 is 15.5. The van der Waals surface area contributed by atoms with Gasteiger partial charge in [-0.15, -0.1) is 0 Å². The van der Waals surface area contributed by atoms with E-state index < -0.39 is 5.97 Å². The summed E-state index contributed by atoms with van der Waals surface area (Å²) in [7, 11) is 2.92. The molecule has 6 nitrogen and oxygen atoms in total. The molecule has 3 atom stereocenters. The van der Waals surface area contributed by atoms with E-state index in [1.807, 2.05) is 0 Å². The molecule has 0 aromatic heterocycles. The molecule has 0 aliphatic heterocycles. The van der Waals surface area contributed by atoms with Crippen LogP contribution in [0.2, 0.25) is 0 Å². The summed E-state index contributed by atoms with van der Waals surface area (Å²) >= 11 is 0. The van der Waals surface area contributed by atoms with E-state index in [-0.39, 0.29) is 24.1 Å². The van der Waals surface area contributed by atoms with Gasteiger partial charge >= 0.3 is 5.97 Å². The Morgan fingerprint density at radius 2 is 1.76 bits per heavy atom. The van der Waals surface area contributed by atoms with Crippen LogP contribution in [0, 0.1) is 11.8 Å². The lowest BCUT2D eigenvalue weighted by Crippen LogP contribution is -2.45. The van der Waals surface area contributed by atoms with Gasteiger partial charge in [-0.05, 0) is 30.4 Å². The van der Waals surface area contributed by atoms with Crippen molar-refractivity contribution in [2.45, 2.75) is 39.2 Å². The van der Waals surface area contributed by atoms with Crippen molar-refractivity contribution in [3.05, 3.63) is 23.8 Å². The van der Waals surface area contributed by atoms with Gasteiger partial charge in [0.05, 0.1) is 14.2 Å². The van der Waals surface area contributed by atoms with Crippen molar-refractivity contribution in [1.82, 2.24) is 5.32 Å². The van der Waals surface area contributed by atoms with Crippen LogP contribution < -0.4 is 14.8 Å². The summed E-state index contributed by atoms with van der Waals surface area (Å²) in [5.74, 6) is 0.767. The van der Waals surface area contributed by atoms with Crippen molar-refractivity contribution in [2.24, 2.45) is 11.8 Å². The Labute approximate surface area is 148 Å². The van der Waals surface area contributed by atoms with Crippen molar-refractivity contribution >= 4 is 11.9 Å². The van der Waals surface area contributed by atoms with Crippen LogP contribution in [0.25, 0.3) is 0 Å². The lowest BCUT2D eigenvalue weighted by molar-refractivity contribution is -0.125. The molecule has 2 rings (SSSR count). The second-order valence-corrected chi connectivity index (χ2v) is 6.55. The summed E-state index contributed by atoms with van der Waals surface area (Å²) in [6.45, 7) is 4.04. The number of benzene rings is 1. The molecule has 1 aromatic rings. The number of rotatable bonds is 6. The third-order valence-corrected chi connectivity index (χ3v) is 5.02. The van der Waals surface area contributed by atoms with Crippen LogP contribution >= 0.6 is 0 Å². The maximum Gasteiger partial charge on any atom is 0.346 e. The smallest absolute Gasteiger partial charge is 0.346 e. The molecule has 1 N–H and O–H groups in total. The molecule has 1 aliphatic carbocycles. The molecular formula is C19H27NO5. The highest BCUT2D eigenvalue weighted by atomic mass is 16.5. The van der Waals surface area contributed by atoms with E-state index in [9.17, 15) is 9.59 Å². The standard InChI is InChI=1S/C19H27NO5/c1-12-7-5-8-14(13(12)2)20-17(21)11-25-19(22)18-15(23-3)9-6-10-16(18)24-4/h6,9-10,12-14H,5,7-8,11H2,1-4H3,(H,20,21)/t12-,13-,14-/m1/s1. The van der Waals surface area contributed by atoms with Crippen molar-refractivity contribution < 1.29 is 23.8 Å². The third kappa shape index (κ3) is 4.65. The first kappa shape index (κ1) is 19.1. The quantitative estimate of drug-likeness (QED) is 0.800. The monoisotopic (exact) mass is 349 g/mol. The Morgan fingerprint density at radius 3 is 2.36 bits per heavy atom. The number of methoxy groups -OCH3 is 2. The van der Waals surface area contributed by atoms with E-state index in [1.165, 1.54) is 20.6 Å². The van der Waals surface area contributed by atoms with Crippen LogP contribution in [0.4, 0.5) is 0 Å². The molecule has 1 amide bonds. The number of amides is 1. The average molecular weight is 349 g/mol. The molecule has 1 aliphatic rings. The Morgan fingerprint density at radius 1 is 1.12 bits per heavy atom. The molecule has 0 heterocycles.